The molecule has 5 rings (SSSR count). The maximum atomic E-state index is 11.9. The summed E-state index contributed by atoms with van der Waals surface area (Å²) in [6, 6.07) is 9.72. The molecule has 11 heteroatoms. The third-order valence-electron chi connectivity index (χ3n) is 5.74. The van der Waals surface area contributed by atoms with Gasteiger partial charge in [0.25, 0.3) is 0 Å². The molecule has 32 heavy (non-hydrogen) atoms. The fourth-order valence-electron chi connectivity index (χ4n) is 4.02. The van der Waals surface area contributed by atoms with Gasteiger partial charge >= 0.3 is 0 Å². The van der Waals surface area contributed by atoms with Crippen molar-refractivity contribution in [3.05, 3.63) is 49.1 Å². The van der Waals surface area contributed by atoms with E-state index in [1.807, 2.05) is 37.5 Å². The summed E-state index contributed by atoms with van der Waals surface area (Å²) in [5, 5.41) is 19.2. The van der Waals surface area contributed by atoms with Crippen molar-refractivity contribution in [1.82, 2.24) is 33.8 Å². The highest BCUT2D eigenvalue weighted by atomic mass is 32.2. The lowest BCUT2D eigenvalue weighted by Gasteiger charge is -2.47. The Bertz CT molecular complexity index is 1470. The molecule has 1 aliphatic rings. The van der Waals surface area contributed by atoms with Crippen LogP contribution in [-0.4, -0.2) is 61.6 Å². The minimum absolute atomic E-state index is 0.158. The Morgan fingerprint density at radius 3 is 2.75 bits per heavy atom. The average molecular weight is 449 g/mol. The molecule has 1 aliphatic heterocycles. The number of pyridine rings is 2. The van der Waals surface area contributed by atoms with Gasteiger partial charge in [-0.1, -0.05) is 0 Å². The van der Waals surface area contributed by atoms with Crippen LogP contribution in [0.2, 0.25) is 0 Å². The Morgan fingerprint density at radius 1 is 1.25 bits per heavy atom. The SMILES string of the molecule is Cn1cc(-c2cc3ncccc3c(-c3ccn(C4(CC#N)CN(S(C)(=O)=O)C4)n3)n2)cn1. The molecule has 0 aromatic carbocycles. The van der Waals surface area contributed by atoms with Gasteiger partial charge in [0.05, 0.1) is 36.2 Å². The fourth-order valence-corrected chi connectivity index (χ4v) is 4.97. The van der Waals surface area contributed by atoms with E-state index in [2.05, 4.69) is 16.2 Å². The van der Waals surface area contributed by atoms with Crippen molar-refractivity contribution >= 4 is 20.9 Å². The molecule has 0 unspecified atom stereocenters. The Balaban J connectivity index is 1.59. The van der Waals surface area contributed by atoms with Crippen molar-refractivity contribution < 1.29 is 8.42 Å². The van der Waals surface area contributed by atoms with E-state index >= 15 is 0 Å². The lowest BCUT2D eigenvalue weighted by atomic mass is 9.89. The largest absolute Gasteiger partial charge is 0.275 e. The highest BCUT2D eigenvalue weighted by molar-refractivity contribution is 7.88. The normalized spacial score (nSPS) is 16.0. The van der Waals surface area contributed by atoms with E-state index in [-0.39, 0.29) is 19.5 Å². The number of rotatable bonds is 5. The second-order valence-corrected chi connectivity index (χ2v) is 10.0. The van der Waals surface area contributed by atoms with E-state index in [0.717, 1.165) is 22.2 Å². The van der Waals surface area contributed by atoms with E-state index in [4.69, 9.17) is 10.1 Å². The minimum Gasteiger partial charge on any atom is -0.275 e. The predicted octanol–water partition coefficient (Wildman–Crippen LogP) is 1.78. The van der Waals surface area contributed by atoms with Crippen LogP contribution in [0.5, 0.6) is 0 Å². The van der Waals surface area contributed by atoms with Crippen LogP contribution in [0, 0.1) is 11.3 Å². The molecule has 4 aromatic heterocycles. The topological polar surface area (TPSA) is 123 Å². The van der Waals surface area contributed by atoms with Crippen LogP contribution in [0.15, 0.2) is 49.1 Å². The molecule has 0 N–H and O–H groups in total. The van der Waals surface area contributed by atoms with E-state index in [1.165, 1.54) is 10.6 Å². The van der Waals surface area contributed by atoms with Gasteiger partial charge in [0.1, 0.15) is 16.9 Å². The van der Waals surface area contributed by atoms with Crippen molar-refractivity contribution in [3.8, 4) is 28.7 Å². The molecule has 162 valence electrons. The number of aryl methyl sites for hydroxylation is 1. The summed E-state index contributed by atoms with van der Waals surface area (Å²) in [4.78, 5) is 9.35. The van der Waals surface area contributed by atoms with Crippen molar-refractivity contribution in [1.29, 1.82) is 5.26 Å². The molecule has 0 amide bonds. The van der Waals surface area contributed by atoms with Gasteiger partial charge in [0.2, 0.25) is 10.0 Å². The van der Waals surface area contributed by atoms with E-state index in [0.29, 0.717) is 11.4 Å². The number of sulfonamides is 1. The van der Waals surface area contributed by atoms with E-state index in [1.54, 1.807) is 28.0 Å². The van der Waals surface area contributed by atoms with Crippen molar-refractivity contribution in [2.75, 3.05) is 19.3 Å². The number of nitrogens with zero attached hydrogens (tertiary/aromatic N) is 8. The van der Waals surface area contributed by atoms with Gasteiger partial charge in [-0.2, -0.15) is 19.8 Å². The first-order valence-corrected chi connectivity index (χ1v) is 11.8. The average Bonchev–Trinajstić information content (AvgIpc) is 3.38. The lowest BCUT2D eigenvalue weighted by Crippen LogP contribution is -2.63. The molecule has 10 nitrogen and oxygen atoms in total. The second-order valence-electron chi connectivity index (χ2n) is 8.06. The Hall–Kier alpha value is -3.62. The molecule has 4 aromatic rings. The summed E-state index contributed by atoms with van der Waals surface area (Å²) < 4.78 is 28.5. The molecule has 0 aliphatic carbocycles. The fraction of sp³-hybridized carbons (Fsp3) is 0.286. The summed E-state index contributed by atoms with van der Waals surface area (Å²) in [7, 11) is -1.47. The molecule has 0 saturated carbocycles. The number of hydrogen-bond acceptors (Lipinski definition) is 7. The van der Waals surface area contributed by atoms with Crippen LogP contribution in [0.1, 0.15) is 6.42 Å². The molecule has 0 bridgehead atoms. The summed E-state index contributed by atoms with van der Waals surface area (Å²) in [5.74, 6) is 0. The van der Waals surface area contributed by atoms with Crippen LogP contribution in [0.3, 0.4) is 0 Å². The van der Waals surface area contributed by atoms with Gasteiger partial charge in [0, 0.05) is 49.7 Å². The highest BCUT2D eigenvalue weighted by Gasteiger charge is 2.49. The van der Waals surface area contributed by atoms with Crippen LogP contribution in [-0.2, 0) is 22.6 Å². The summed E-state index contributed by atoms with van der Waals surface area (Å²) in [6.45, 7) is 0.429. The predicted molar refractivity (Wildman–Crippen MR) is 118 cm³/mol. The quantitative estimate of drug-likeness (QED) is 0.456. The van der Waals surface area contributed by atoms with Gasteiger partial charge in [-0.25, -0.2) is 13.4 Å². The first kappa shape index (κ1) is 20.3. The maximum absolute atomic E-state index is 11.9. The Kier molecular flexibility index (Phi) is 4.58. The molecule has 1 saturated heterocycles. The van der Waals surface area contributed by atoms with Gasteiger partial charge < -0.3 is 0 Å². The van der Waals surface area contributed by atoms with Gasteiger partial charge in [0.15, 0.2) is 0 Å². The molecular weight excluding hydrogens is 428 g/mol. The zero-order valence-electron chi connectivity index (χ0n) is 17.5. The number of aromatic nitrogens is 6. The number of fused-ring (bicyclic) bond motifs is 1. The molecule has 1 fully saturated rings. The molecule has 0 radical (unpaired) electrons. The zero-order chi connectivity index (χ0) is 22.5. The summed E-state index contributed by atoms with van der Waals surface area (Å²) in [6.07, 6.45) is 8.47. The molecular formula is C21H20N8O2S. The van der Waals surface area contributed by atoms with Crippen molar-refractivity contribution in [3.63, 3.8) is 0 Å². The first-order chi connectivity index (χ1) is 15.3. The Morgan fingerprint density at radius 2 is 2.06 bits per heavy atom. The van der Waals surface area contributed by atoms with Crippen LogP contribution >= 0.6 is 0 Å². The number of hydrogen-bond donors (Lipinski definition) is 0. The highest BCUT2D eigenvalue weighted by Crippen LogP contribution is 2.35. The zero-order valence-corrected chi connectivity index (χ0v) is 18.4. The summed E-state index contributed by atoms with van der Waals surface area (Å²) in [5.41, 5.74) is 2.98. The standard InChI is InChI=1S/C21H20N8O2S/c1-27-12-15(11-24-27)18-10-19-16(4-3-8-23-19)20(25-18)17-5-9-29(26-17)21(6-7-22)13-28(14-21)32(2,30)31/h3-5,8-12H,6,13-14H2,1-2H3. The van der Waals surface area contributed by atoms with Crippen LogP contribution in [0.4, 0.5) is 0 Å². The third-order valence-corrected chi connectivity index (χ3v) is 6.93. The van der Waals surface area contributed by atoms with Gasteiger partial charge in [-0.05, 0) is 24.3 Å². The van der Waals surface area contributed by atoms with Gasteiger partial charge in [-0.3, -0.25) is 14.3 Å². The molecule has 0 spiro atoms. The minimum atomic E-state index is -3.32. The van der Waals surface area contributed by atoms with E-state index in [9.17, 15) is 13.7 Å². The van der Waals surface area contributed by atoms with Gasteiger partial charge in [-0.15, -0.1) is 0 Å². The second kappa shape index (κ2) is 7.22. The van der Waals surface area contributed by atoms with Crippen LogP contribution < -0.4 is 0 Å². The molecule has 0 atom stereocenters. The molecule has 5 heterocycles. The van der Waals surface area contributed by atoms with E-state index < -0.39 is 15.6 Å². The first-order valence-electron chi connectivity index (χ1n) is 9.92. The maximum Gasteiger partial charge on any atom is 0.211 e. The Labute approximate surface area is 184 Å². The van der Waals surface area contributed by atoms with Crippen molar-refractivity contribution in [2.24, 2.45) is 7.05 Å². The number of nitriles is 1. The smallest absolute Gasteiger partial charge is 0.211 e. The monoisotopic (exact) mass is 448 g/mol. The lowest BCUT2D eigenvalue weighted by molar-refractivity contribution is 0.0726. The summed E-state index contributed by atoms with van der Waals surface area (Å²) >= 11 is 0. The van der Waals surface area contributed by atoms with Crippen molar-refractivity contribution in [2.45, 2.75) is 12.0 Å². The third kappa shape index (κ3) is 3.34. The van der Waals surface area contributed by atoms with Crippen LogP contribution in [0.25, 0.3) is 33.5 Å².